The van der Waals surface area contributed by atoms with Gasteiger partial charge in [-0.05, 0) is 6.42 Å². The molecule has 1 rings (SSSR count). The summed E-state index contributed by atoms with van der Waals surface area (Å²) in [5.74, 6) is 0.557. The highest BCUT2D eigenvalue weighted by Gasteiger charge is 2.04. The molecule has 1 aromatic heterocycles. The van der Waals surface area contributed by atoms with Crippen LogP contribution in [0, 0.1) is 0 Å². The molecule has 0 spiro atoms. The first kappa shape index (κ1) is 21.6. The van der Waals surface area contributed by atoms with Crippen molar-refractivity contribution < 1.29 is 9.53 Å². The molecule has 23 heavy (non-hydrogen) atoms. The Hall–Kier alpha value is -1.43. The lowest BCUT2D eigenvalue weighted by atomic mass is 10.4. The van der Waals surface area contributed by atoms with Gasteiger partial charge in [0, 0.05) is 47.0 Å². The average molecular weight is 439 g/mol. The minimum Gasteiger partial charge on any atom is -0.383 e. The van der Waals surface area contributed by atoms with Crippen LogP contribution in [0.2, 0.25) is 0 Å². The number of amides is 1. The minimum absolute atomic E-state index is 0. The second-order valence-electron chi connectivity index (χ2n) is 4.82. The third-order valence-corrected chi connectivity index (χ3v) is 2.80. The van der Waals surface area contributed by atoms with Gasteiger partial charge in [-0.1, -0.05) is 5.21 Å². The van der Waals surface area contributed by atoms with Crippen molar-refractivity contribution in [1.82, 2.24) is 30.5 Å². The quantitative estimate of drug-likeness (QED) is 0.234. The number of aromatic nitrogens is 3. The molecule has 0 bridgehead atoms. The predicted octanol–water partition coefficient (Wildman–Crippen LogP) is -0.444. The van der Waals surface area contributed by atoms with E-state index < -0.39 is 0 Å². The standard InChI is InChI=1S/C13H25N7O2.HI/c1-19(2)12(21)11-16-13(15-7-10-22-3)14-5-4-8-20-9-6-17-18-20;/h6,9H,4-5,7-8,10-11H2,1-3H3,(H2,14,15,16);1H. The van der Waals surface area contributed by atoms with Crippen molar-refractivity contribution in [2.24, 2.45) is 4.99 Å². The van der Waals surface area contributed by atoms with Gasteiger partial charge in [-0.2, -0.15) is 0 Å². The van der Waals surface area contributed by atoms with Gasteiger partial charge in [-0.15, -0.1) is 29.1 Å². The fourth-order valence-corrected chi connectivity index (χ4v) is 1.53. The summed E-state index contributed by atoms with van der Waals surface area (Å²) in [5.41, 5.74) is 0. The number of nitrogens with zero attached hydrogens (tertiary/aromatic N) is 5. The lowest BCUT2D eigenvalue weighted by Gasteiger charge is -2.13. The number of rotatable bonds is 9. The van der Waals surface area contributed by atoms with E-state index in [0.29, 0.717) is 19.1 Å². The third-order valence-electron chi connectivity index (χ3n) is 2.80. The highest BCUT2D eigenvalue weighted by Crippen LogP contribution is 1.87. The molecule has 0 saturated heterocycles. The van der Waals surface area contributed by atoms with Gasteiger partial charge in [0.2, 0.25) is 5.91 Å². The summed E-state index contributed by atoms with van der Waals surface area (Å²) in [7, 11) is 5.06. The average Bonchev–Trinajstić information content (AvgIpc) is 3.01. The van der Waals surface area contributed by atoms with Gasteiger partial charge in [0.1, 0.15) is 6.54 Å². The van der Waals surface area contributed by atoms with E-state index in [-0.39, 0.29) is 36.4 Å². The van der Waals surface area contributed by atoms with Crippen molar-refractivity contribution in [1.29, 1.82) is 0 Å². The van der Waals surface area contributed by atoms with Gasteiger partial charge in [-0.25, -0.2) is 4.99 Å². The van der Waals surface area contributed by atoms with Crippen molar-refractivity contribution in [3.05, 3.63) is 12.4 Å². The summed E-state index contributed by atoms with van der Waals surface area (Å²) in [6, 6.07) is 0. The number of methoxy groups -OCH3 is 1. The first-order valence-electron chi connectivity index (χ1n) is 7.19. The Labute approximate surface area is 153 Å². The number of aliphatic imine (C=N–C) groups is 1. The Balaban J connectivity index is 0.00000484. The molecule has 0 aliphatic heterocycles. The Morgan fingerprint density at radius 1 is 1.35 bits per heavy atom. The number of carbonyl (C=O) groups is 1. The van der Waals surface area contributed by atoms with Gasteiger partial charge in [-0.3, -0.25) is 9.48 Å². The molecule has 10 heteroatoms. The van der Waals surface area contributed by atoms with Crippen LogP contribution >= 0.6 is 24.0 Å². The summed E-state index contributed by atoms with van der Waals surface area (Å²) < 4.78 is 6.76. The summed E-state index contributed by atoms with van der Waals surface area (Å²) >= 11 is 0. The fourth-order valence-electron chi connectivity index (χ4n) is 1.53. The number of ether oxygens (including phenoxy) is 1. The molecule has 0 aromatic carbocycles. The number of nitrogens with one attached hydrogen (secondary N) is 2. The second kappa shape index (κ2) is 13.0. The first-order chi connectivity index (χ1) is 10.6. The van der Waals surface area contributed by atoms with Crippen LogP contribution < -0.4 is 10.6 Å². The zero-order chi connectivity index (χ0) is 16.2. The summed E-state index contributed by atoms with van der Waals surface area (Å²) in [6.07, 6.45) is 4.34. The molecule has 1 amide bonds. The normalized spacial score (nSPS) is 10.8. The number of aryl methyl sites for hydroxylation is 1. The van der Waals surface area contributed by atoms with E-state index in [4.69, 9.17) is 4.74 Å². The Morgan fingerprint density at radius 2 is 2.09 bits per heavy atom. The summed E-state index contributed by atoms with van der Waals surface area (Å²) in [6.45, 7) is 2.80. The molecular formula is C13H26IN7O2. The Morgan fingerprint density at radius 3 is 2.70 bits per heavy atom. The summed E-state index contributed by atoms with van der Waals surface area (Å²) in [5, 5.41) is 14.0. The molecule has 1 heterocycles. The molecule has 132 valence electrons. The third kappa shape index (κ3) is 10.0. The molecular weight excluding hydrogens is 413 g/mol. The van der Waals surface area contributed by atoms with Crippen molar-refractivity contribution in [2.75, 3.05) is 47.4 Å². The highest BCUT2D eigenvalue weighted by atomic mass is 127. The number of hydrogen-bond acceptors (Lipinski definition) is 5. The van der Waals surface area contributed by atoms with E-state index in [0.717, 1.165) is 19.5 Å². The molecule has 0 atom stereocenters. The Bertz CT molecular complexity index is 451. The van der Waals surface area contributed by atoms with Crippen LogP contribution in [0.3, 0.4) is 0 Å². The number of halogens is 1. The van der Waals surface area contributed by atoms with E-state index in [1.165, 1.54) is 4.90 Å². The molecule has 0 saturated carbocycles. The van der Waals surface area contributed by atoms with Gasteiger partial charge in [0.25, 0.3) is 0 Å². The molecule has 2 N–H and O–H groups in total. The number of hydrogen-bond donors (Lipinski definition) is 2. The lowest BCUT2D eigenvalue weighted by Crippen LogP contribution is -2.40. The molecule has 0 radical (unpaired) electrons. The van der Waals surface area contributed by atoms with Crippen LogP contribution in [0.15, 0.2) is 17.4 Å². The molecule has 0 aliphatic rings. The largest absolute Gasteiger partial charge is 0.383 e. The highest BCUT2D eigenvalue weighted by molar-refractivity contribution is 14.0. The van der Waals surface area contributed by atoms with Crippen LogP contribution in [-0.2, 0) is 16.1 Å². The van der Waals surface area contributed by atoms with E-state index in [2.05, 4.69) is 25.9 Å². The van der Waals surface area contributed by atoms with Gasteiger partial charge in [0.05, 0.1) is 12.8 Å². The lowest BCUT2D eigenvalue weighted by molar-refractivity contribution is -0.127. The van der Waals surface area contributed by atoms with E-state index in [9.17, 15) is 4.79 Å². The predicted molar refractivity (Wildman–Crippen MR) is 98.9 cm³/mol. The molecule has 1 aromatic rings. The maximum absolute atomic E-state index is 11.6. The molecule has 9 nitrogen and oxygen atoms in total. The van der Waals surface area contributed by atoms with Crippen molar-refractivity contribution in [3.8, 4) is 0 Å². The number of likely N-dealkylation sites (N-methyl/N-ethyl adjacent to an activating group) is 1. The minimum atomic E-state index is -0.0459. The van der Waals surface area contributed by atoms with Crippen LogP contribution in [0.1, 0.15) is 6.42 Å². The van der Waals surface area contributed by atoms with Crippen LogP contribution in [-0.4, -0.2) is 79.2 Å². The second-order valence-corrected chi connectivity index (χ2v) is 4.82. The smallest absolute Gasteiger partial charge is 0.243 e. The van der Waals surface area contributed by atoms with Crippen molar-refractivity contribution >= 4 is 35.8 Å². The Kier molecular flexibility index (Phi) is 12.2. The summed E-state index contributed by atoms with van der Waals surface area (Å²) in [4.78, 5) is 17.4. The maximum Gasteiger partial charge on any atom is 0.243 e. The molecule has 0 unspecified atom stereocenters. The monoisotopic (exact) mass is 439 g/mol. The molecule has 0 fully saturated rings. The van der Waals surface area contributed by atoms with Crippen LogP contribution in [0.4, 0.5) is 0 Å². The topological polar surface area (TPSA) is 96.7 Å². The van der Waals surface area contributed by atoms with Crippen molar-refractivity contribution in [2.45, 2.75) is 13.0 Å². The van der Waals surface area contributed by atoms with Crippen LogP contribution in [0.5, 0.6) is 0 Å². The molecule has 0 aliphatic carbocycles. The van der Waals surface area contributed by atoms with Crippen molar-refractivity contribution in [3.63, 3.8) is 0 Å². The first-order valence-corrected chi connectivity index (χ1v) is 7.19. The number of guanidine groups is 1. The fraction of sp³-hybridized carbons (Fsp3) is 0.692. The SMILES string of the molecule is COCCNC(=NCC(=O)N(C)C)NCCCn1ccnn1.I. The number of carbonyl (C=O) groups excluding carboxylic acids is 1. The van der Waals surface area contributed by atoms with Gasteiger partial charge < -0.3 is 20.3 Å². The van der Waals surface area contributed by atoms with E-state index in [1.807, 2.05) is 6.20 Å². The van der Waals surface area contributed by atoms with E-state index in [1.54, 1.807) is 32.1 Å². The zero-order valence-corrected chi connectivity index (χ0v) is 16.2. The van der Waals surface area contributed by atoms with Gasteiger partial charge >= 0.3 is 0 Å². The van der Waals surface area contributed by atoms with Crippen LogP contribution in [0.25, 0.3) is 0 Å². The van der Waals surface area contributed by atoms with Gasteiger partial charge in [0.15, 0.2) is 5.96 Å². The zero-order valence-electron chi connectivity index (χ0n) is 13.9. The maximum atomic E-state index is 11.6. The van der Waals surface area contributed by atoms with E-state index >= 15 is 0 Å².